The lowest BCUT2D eigenvalue weighted by atomic mass is 10.1. The van der Waals surface area contributed by atoms with Gasteiger partial charge in [-0.3, -0.25) is 14.0 Å². The average molecular weight is 452 g/mol. The van der Waals surface area contributed by atoms with Crippen molar-refractivity contribution in [3.05, 3.63) is 63.1 Å². The fourth-order valence-corrected chi connectivity index (χ4v) is 4.52. The van der Waals surface area contributed by atoms with Crippen LogP contribution < -0.4 is 15.6 Å². The fourth-order valence-electron chi connectivity index (χ4n) is 3.60. The summed E-state index contributed by atoms with van der Waals surface area (Å²) in [5.41, 5.74) is 3.76. The number of aryl methyl sites for hydroxylation is 2. The van der Waals surface area contributed by atoms with Crippen LogP contribution in [0.25, 0.3) is 21.9 Å². The minimum absolute atomic E-state index is 0.111. The maximum absolute atomic E-state index is 13.5. The number of fused-ring (bicyclic) bond motifs is 1. The molecule has 1 aromatic carbocycles. The van der Waals surface area contributed by atoms with E-state index >= 15 is 0 Å². The van der Waals surface area contributed by atoms with Gasteiger partial charge >= 0.3 is 0 Å². The van der Waals surface area contributed by atoms with Gasteiger partial charge in [-0.2, -0.15) is 5.10 Å². The molecule has 4 aromatic rings. The van der Waals surface area contributed by atoms with E-state index in [2.05, 4.69) is 10.3 Å². The van der Waals surface area contributed by atoms with Crippen LogP contribution in [0.15, 0.2) is 40.5 Å². The van der Waals surface area contributed by atoms with Crippen LogP contribution in [0.1, 0.15) is 30.4 Å². The lowest BCUT2D eigenvalue weighted by molar-refractivity contribution is -0.120. The van der Waals surface area contributed by atoms with Gasteiger partial charge in [0, 0.05) is 23.3 Å². The molecule has 3 aromatic heterocycles. The number of amides is 1. The molecule has 0 aliphatic heterocycles. The number of carbonyl (C=O) groups excluding carboxylic acids is 1. The highest BCUT2D eigenvalue weighted by molar-refractivity contribution is 7.15. The third-order valence-electron chi connectivity index (χ3n) is 5.20. The first-order valence-electron chi connectivity index (χ1n) is 10.4. The first-order chi connectivity index (χ1) is 15.4. The van der Waals surface area contributed by atoms with Crippen molar-refractivity contribution >= 4 is 22.2 Å². The molecule has 0 saturated carbocycles. The lowest BCUT2D eigenvalue weighted by Crippen LogP contribution is -2.28. The standard InChI is InChI=1S/C23H25N5O3S/c1-5-10-24-20(29)12-17-13-32-23-25-15(3)21(22(30)27(17)23)19-11-14(2)28(26-19)16-6-8-18(31-4)9-7-16/h6-9,11,13H,5,10,12H2,1-4H3,(H,24,29). The summed E-state index contributed by atoms with van der Waals surface area (Å²) < 4.78 is 8.54. The lowest BCUT2D eigenvalue weighted by Gasteiger charge is -2.07. The predicted molar refractivity (Wildman–Crippen MR) is 125 cm³/mol. The fraction of sp³-hybridized carbons (Fsp3) is 0.304. The summed E-state index contributed by atoms with van der Waals surface area (Å²) in [6.45, 7) is 6.36. The second-order valence-electron chi connectivity index (χ2n) is 7.53. The number of thiazole rings is 1. The van der Waals surface area contributed by atoms with Gasteiger partial charge < -0.3 is 10.1 Å². The van der Waals surface area contributed by atoms with Crippen LogP contribution in [-0.4, -0.2) is 38.7 Å². The van der Waals surface area contributed by atoms with Gasteiger partial charge in [-0.15, -0.1) is 11.3 Å². The molecule has 0 atom stereocenters. The van der Waals surface area contributed by atoms with Crippen LogP contribution in [0.2, 0.25) is 0 Å². The van der Waals surface area contributed by atoms with Crippen molar-refractivity contribution in [2.75, 3.05) is 13.7 Å². The number of nitrogens with zero attached hydrogens (tertiary/aromatic N) is 4. The average Bonchev–Trinajstić information content (AvgIpc) is 3.35. The number of hydrogen-bond donors (Lipinski definition) is 1. The Balaban J connectivity index is 1.77. The molecule has 0 radical (unpaired) electrons. The number of benzene rings is 1. The Labute approximate surface area is 189 Å². The van der Waals surface area contributed by atoms with E-state index in [0.29, 0.717) is 34.2 Å². The molecule has 0 aliphatic carbocycles. The maximum Gasteiger partial charge on any atom is 0.268 e. The molecule has 32 heavy (non-hydrogen) atoms. The topological polar surface area (TPSA) is 90.5 Å². The van der Waals surface area contributed by atoms with E-state index in [1.54, 1.807) is 11.8 Å². The van der Waals surface area contributed by atoms with E-state index in [0.717, 1.165) is 23.6 Å². The molecule has 0 unspecified atom stereocenters. The molecule has 9 heteroatoms. The van der Waals surface area contributed by atoms with E-state index in [-0.39, 0.29) is 17.9 Å². The predicted octanol–water partition coefficient (Wildman–Crippen LogP) is 3.30. The number of nitrogens with one attached hydrogen (secondary N) is 1. The van der Waals surface area contributed by atoms with Crippen LogP contribution in [-0.2, 0) is 11.2 Å². The molecule has 3 heterocycles. The van der Waals surface area contributed by atoms with Crippen molar-refractivity contribution in [1.82, 2.24) is 24.5 Å². The Morgan fingerprint density at radius 1 is 1.22 bits per heavy atom. The van der Waals surface area contributed by atoms with E-state index in [9.17, 15) is 9.59 Å². The molecular weight excluding hydrogens is 426 g/mol. The smallest absolute Gasteiger partial charge is 0.268 e. The van der Waals surface area contributed by atoms with Crippen LogP contribution in [0, 0.1) is 13.8 Å². The number of carbonyl (C=O) groups is 1. The zero-order valence-corrected chi connectivity index (χ0v) is 19.3. The normalized spacial score (nSPS) is 11.1. The van der Waals surface area contributed by atoms with Crippen molar-refractivity contribution in [3.63, 3.8) is 0 Å². The van der Waals surface area contributed by atoms with Crippen molar-refractivity contribution in [1.29, 1.82) is 0 Å². The number of aromatic nitrogens is 4. The van der Waals surface area contributed by atoms with Gasteiger partial charge in [-0.1, -0.05) is 6.92 Å². The molecule has 166 valence electrons. The molecule has 0 bridgehead atoms. The molecule has 1 amide bonds. The Morgan fingerprint density at radius 3 is 2.66 bits per heavy atom. The molecule has 1 N–H and O–H groups in total. The Morgan fingerprint density at radius 2 is 1.97 bits per heavy atom. The number of methoxy groups -OCH3 is 1. The molecule has 0 aliphatic rings. The largest absolute Gasteiger partial charge is 0.497 e. The summed E-state index contributed by atoms with van der Waals surface area (Å²) in [4.78, 5) is 30.9. The quantitative estimate of drug-likeness (QED) is 0.466. The summed E-state index contributed by atoms with van der Waals surface area (Å²) in [7, 11) is 1.62. The van der Waals surface area contributed by atoms with E-state index < -0.39 is 0 Å². The minimum atomic E-state index is -0.216. The number of rotatable bonds is 7. The van der Waals surface area contributed by atoms with Crippen LogP contribution in [0.5, 0.6) is 5.75 Å². The van der Waals surface area contributed by atoms with Crippen LogP contribution in [0.3, 0.4) is 0 Å². The second-order valence-corrected chi connectivity index (χ2v) is 8.37. The Bertz CT molecular complexity index is 1330. The van der Waals surface area contributed by atoms with Gasteiger partial charge in [0.15, 0.2) is 4.96 Å². The first kappa shape index (κ1) is 21.8. The van der Waals surface area contributed by atoms with E-state index in [4.69, 9.17) is 9.84 Å². The molecular formula is C23H25N5O3S. The van der Waals surface area contributed by atoms with Gasteiger partial charge in [0.25, 0.3) is 5.56 Å². The number of hydrogen-bond acceptors (Lipinski definition) is 6. The van der Waals surface area contributed by atoms with Crippen LogP contribution in [0.4, 0.5) is 0 Å². The molecule has 0 fully saturated rings. The summed E-state index contributed by atoms with van der Waals surface area (Å²) in [5.74, 6) is 0.649. The highest BCUT2D eigenvalue weighted by Gasteiger charge is 2.20. The molecule has 0 spiro atoms. The summed E-state index contributed by atoms with van der Waals surface area (Å²) in [6.07, 6.45) is 0.987. The Hall–Kier alpha value is -3.46. The van der Waals surface area contributed by atoms with Gasteiger partial charge in [0.1, 0.15) is 11.4 Å². The van der Waals surface area contributed by atoms with E-state index in [1.165, 1.54) is 15.7 Å². The van der Waals surface area contributed by atoms with Crippen molar-refractivity contribution in [3.8, 4) is 22.7 Å². The first-order valence-corrected chi connectivity index (χ1v) is 11.3. The van der Waals surface area contributed by atoms with Crippen LogP contribution >= 0.6 is 11.3 Å². The Kier molecular flexibility index (Phi) is 6.09. The third kappa shape index (κ3) is 4.03. The molecule has 4 rings (SSSR count). The number of ether oxygens (including phenoxy) is 1. The van der Waals surface area contributed by atoms with Gasteiger partial charge in [0.05, 0.1) is 30.5 Å². The maximum atomic E-state index is 13.5. The molecule has 0 saturated heterocycles. The monoisotopic (exact) mass is 451 g/mol. The zero-order chi connectivity index (χ0) is 22.8. The van der Waals surface area contributed by atoms with Gasteiger partial charge in [-0.25, -0.2) is 9.67 Å². The van der Waals surface area contributed by atoms with E-state index in [1.807, 2.05) is 56.5 Å². The summed E-state index contributed by atoms with van der Waals surface area (Å²) in [5, 5.41) is 9.37. The summed E-state index contributed by atoms with van der Waals surface area (Å²) in [6, 6.07) is 9.43. The zero-order valence-electron chi connectivity index (χ0n) is 18.5. The SMILES string of the molecule is CCCNC(=O)Cc1csc2nc(C)c(-c3cc(C)n(-c4ccc(OC)cc4)n3)c(=O)n12. The van der Waals surface area contributed by atoms with Crippen molar-refractivity contribution in [2.24, 2.45) is 0 Å². The third-order valence-corrected chi connectivity index (χ3v) is 6.07. The van der Waals surface area contributed by atoms with Crippen molar-refractivity contribution < 1.29 is 9.53 Å². The highest BCUT2D eigenvalue weighted by atomic mass is 32.1. The van der Waals surface area contributed by atoms with Crippen molar-refractivity contribution in [2.45, 2.75) is 33.6 Å². The van der Waals surface area contributed by atoms with Gasteiger partial charge in [-0.05, 0) is 50.6 Å². The van der Waals surface area contributed by atoms with Gasteiger partial charge in [0.2, 0.25) is 5.91 Å². The minimum Gasteiger partial charge on any atom is -0.497 e. The summed E-state index contributed by atoms with van der Waals surface area (Å²) >= 11 is 1.36. The highest BCUT2D eigenvalue weighted by Crippen LogP contribution is 2.24. The second kappa shape index (κ2) is 8.96. The molecule has 8 nitrogen and oxygen atoms in total.